The summed E-state index contributed by atoms with van der Waals surface area (Å²) in [6.07, 6.45) is 1.01. The molecule has 0 atom stereocenters. The van der Waals surface area contributed by atoms with Crippen molar-refractivity contribution in [2.75, 3.05) is 5.32 Å². The molecular weight excluding hydrogens is 202 g/mol. The summed E-state index contributed by atoms with van der Waals surface area (Å²) in [6.45, 7) is 3.76. The van der Waals surface area contributed by atoms with Crippen LogP contribution in [0.2, 0.25) is 0 Å². The normalized spacial score (nSPS) is 11.4. The lowest BCUT2D eigenvalue weighted by Crippen LogP contribution is -2.33. The predicted octanol–water partition coefficient (Wildman–Crippen LogP) is 0.389. The monoisotopic (exact) mass is 215 g/mol. The zero-order valence-corrected chi connectivity index (χ0v) is 8.97. The van der Waals surface area contributed by atoms with Gasteiger partial charge in [-0.1, -0.05) is 9.59 Å². The van der Waals surface area contributed by atoms with Gasteiger partial charge in [0.25, 0.3) is 0 Å². The second kappa shape index (κ2) is 4.43. The summed E-state index contributed by atoms with van der Waals surface area (Å²) in [7, 11) is 0. The maximum Gasteiger partial charge on any atom is 0.231 e. The summed E-state index contributed by atoms with van der Waals surface area (Å²) >= 11 is 1.05. The first-order chi connectivity index (χ1) is 6.47. The topological polar surface area (TPSA) is 93.8 Å². The lowest BCUT2D eigenvalue weighted by atomic mass is 10.00. The number of hydrogen-bond donors (Lipinski definition) is 2. The van der Waals surface area contributed by atoms with Gasteiger partial charge in [0.1, 0.15) is 0 Å². The highest BCUT2D eigenvalue weighted by Crippen LogP contribution is 2.10. The Kier molecular flexibility index (Phi) is 3.48. The average Bonchev–Trinajstić information content (AvgIpc) is 2.52. The minimum atomic E-state index is -0.323. The molecular formula is C7H13N5OS. The van der Waals surface area contributed by atoms with Gasteiger partial charge in [0, 0.05) is 23.5 Å². The fourth-order valence-corrected chi connectivity index (χ4v) is 1.18. The van der Waals surface area contributed by atoms with Crippen molar-refractivity contribution in [3.63, 3.8) is 0 Å². The Balaban J connectivity index is 2.30. The molecule has 1 aromatic rings. The first-order valence-corrected chi connectivity index (χ1v) is 4.98. The van der Waals surface area contributed by atoms with Crippen LogP contribution in [0.4, 0.5) is 5.13 Å². The number of rotatable bonds is 4. The molecule has 0 aliphatic carbocycles. The standard InChI is InChI=1S/C7H13N5OS/c1-7(2,8)4-3-5(13)9-6-10-11-12-14-6/h3-4,8H2,1-2H3,(H,9,10,12,13). The highest BCUT2D eigenvalue weighted by molar-refractivity contribution is 7.09. The molecule has 0 unspecified atom stereocenters. The van der Waals surface area contributed by atoms with E-state index in [4.69, 9.17) is 5.73 Å². The number of carbonyl (C=O) groups excluding carboxylic acids is 1. The van der Waals surface area contributed by atoms with E-state index in [9.17, 15) is 4.79 Å². The molecule has 0 aliphatic heterocycles. The third-order valence-corrected chi connectivity index (χ3v) is 2.05. The Bertz CT molecular complexity index is 292. The van der Waals surface area contributed by atoms with E-state index in [0.29, 0.717) is 18.0 Å². The summed E-state index contributed by atoms with van der Waals surface area (Å²) in [6, 6.07) is 0. The smallest absolute Gasteiger partial charge is 0.231 e. The Morgan fingerprint density at radius 2 is 2.36 bits per heavy atom. The van der Waals surface area contributed by atoms with E-state index in [2.05, 4.69) is 20.1 Å². The molecule has 1 aromatic heterocycles. The molecule has 6 nitrogen and oxygen atoms in total. The fraction of sp³-hybridized carbons (Fsp3) is 0.714. The first-order valence-electron chi connectivity index (χ1n) is 4.21. The maximum absolute atomic E-state index is 11.3. The number of nitrogens with two attached hydrogens (primary N) is 1. The van der Waals surface area contributed by atoms with Crippen molar-refractivity contribution in [2.45, 2.75) is 32.2 Å². The van der Waals surface area contributed by atoms with Crippen LogP contribution in [-0.4, -0.2) is 26.2 Å². The second-order valence-corrected chi connectivity index (χ2v) is 4.44. The summed E-state index contributed by atoms with van der Waals surface area (Å²) in [5.74, 6) is -0.109. The summed E-state index contributed by atoms with van der Waals surface area (Å²) < 4.78 is 3.53. The van der Waals surface area contributed by atoms with Gasteiger partial charge in [0.05, 0.1) is 0 Å². The summed E-state index contributed by atoms with van der Waals surface area (Å²) in [4.78, 5) is 11.3. The van der Waals surface area contributed by atoms with Gasteiger partial charge in [-0.2, -0.15) is 0 Å². The van der Waals surface area contributed by atoms with Gasteiger partial charge < -0.3 is 5.73 Å². The van der Waals surface area contributed by atoms with Crippen molar-refractivity contribution >= 4 is 22.6 Å². The van der Waals surface area contributed by atoms with Crippen molar-refractivity contribution in [1.29, 1.82) is 0 Å². The highest BCUT2D eigenvalue weighted by Gasteiger charge is 2.13. The number of nitrogens with zero attached hydrogens (tertiary/aromatic N) is 3. The SMILES string of the molecule is CC(C)(N)CCC(=O)Nc1nnns1. The average molecular weight is 215 g/mol. The van der Waals surface area contributed by atoms with Gasteiger partial charge in [-0.15, -0.1) is 0 Å². The molecule has 78 valence electrons. The maximum atomic E-state index is 11.3. The minimum Gasteiger partial charge on any atom is -0.326 e. The van der Waals surface area contributed by atoms with E-state index in [1.807, 2.05) is 13.8 Å². The quantitative estimate of drug-likeness (QED) is 0.757. The largest absolute Gasteiger partial charge is 0.326 e. The van der Waals surface area contributed by atoms with Crippen molar-refractivity contribution in [2.24, 2.45) is 5.73 Å². The third kappa shape index (κ3) is 4.24. The lowest BCUT2D eigenvalue weighted by molar-refractivity contribution is -0.116. The molecule has 0 spiro atoms. The molecule has 0 saturated heterocycles. The minimum absolute atomic E-state index is 0.109. The van der Waals surface area contributed by atoms with E-state index >= 15 is 0 Å². The van der Waals surface area contributed by atoms with Crippen molar-refractivity contribution in [3.8, 4) is 0 Å². The number of carbonyl (C=O) groups is 1. The Hall–Kier alpha value is -1.08. The predicted molar refractivity (Wildman–Crippen MR) is 53.8 cm³/mol. The van der Waals surface area contributed by atoms with Gasteiger partial charge in [0.15, 0.2) is 0 Å². The van der Waals surface area contributed by atoms with Crippen LogP contribution in [0.3, 0.4) is 0 Å². The molecule has 3 N–H and O–H groups in total. The Labute approximate surface area is 86.0 Å². The van der Waals surface area contributed by atoms with Crippen LogP contribution in [-0.2, 0) is 4.79 Å². The first kappa shape index (κ1) is 11.0. The zero-order chi connectivity index (χ0) is 10.6. The van der Waals surface area contributed by atoms with Crippen LogP contribution < -0.4 is 11.1 Å². The van der Waals surface area contributed by atoms with E-state index in [-0.39, 0.29) is 11.4 Å². The molecule has 1 amide bonds. The van der Waals surface area contributed by atoms with Gasteiger partial charge in [-0.3, -0.25) is 10.1 Å². The van der Waals surface area contributed by atoms with Gasteiger partial charge in [-0.25, -0.2) is 0 Å². The van der Waals surface area contributed by atoms with E-state index in [0.717, 1.165) is 11.5 Å². The van der Waals surface area contributed by atoms with Gasteiger partial charge in [0.2, 0.25) is 11.0 Å². The second-order valence-electron chi connectivity index (χ2n) is 3.70. The van der Waals surface area contributed by atoms with Gasteiger partial charge >= 0.3 is 0 Å². The molecule has 0 fully saturated rings. The van der Waals surface area contributed by atoms with E-state index in [1.165, 1.54) is 0 Å². The number of hydrogen-bond acceptors (Lipinski definition) is 6. The molecule has 7 heteroatoms. The van der Waals surface area contributed by atoms with E-state index < -0.39 is 0 Å². The lowest BCUT2D eigenvalue weighted by Gasteiger charge is -2.16. The fourth-order valence-electron chi connectivity index (χ4n) is 0.799. The summed E-state index contributed by atoms with van der Waals surface area (Å²) in [5.41, 5.74) is 5.42. The van der Waals surface area contributed by atoms with Crippen LogP contribution in [0.15, 0.2) is 0 Å². The number of aromatic nitrogens is 3. The van der Waals surface area contributed by atoms with Crippen LogP contribution in [0.5, 0.6) is 0 Å². The molecule has 0 bridgehead atoms. The molecule has 0 saturated carbocycles. The Morgan fingerprint density at radius 3 is 2.86 bits per heavy atom. The van der Waals surface area contributed by atoms with Crippen LogP contribution >= 0.6 is 11.5 Å². The van der Waals surface area contributed by atoms with Crippen LogP contribution in [0.25, 0.3) is 0 Å². The molecule has 1 rings (SSSR count). The molecule has 1 heterocycles. The van der Waals surface area contributed by atoms with Crippen molar-refractivity contribution in [1.82, 2.24) is 14.8 Å². The summed E-state index contributed by atoms with van der Waals surface area (Å²) in [5, 5.41) is 9.96. The van der Waals surface area contributed by atoms with Gasteiger partial charge in [-0.05, 0) is 25.5 Å². The van der Waals surface area contributed by atoms with Crippen LogP contribution in [0.1, 0.15) is 26.7 Å². The number of nitrogens with one attached hydrogen (secondary N) is 1. The molecule has 0 aromatic carbocycles. The third-order valence-electron chi connectivity index (χ3n) is 1.54. The molecule has 14 heavy (non-hydrogen) atoms. The zero-order valence-electron chi connectivity index (χ0n) is 8.15. The highest BCUT2D eigenvalue weighted by atomic mass is 32.1. The molecule has 0 radical (unpaired) electrons. The Morgan fingerprint density at radius 1 is 1.64 bits per heavy atom. The van der Waals surface area contributed by atoms with Crippen molar-refractivity contribution < 1.29 is 4.79 Å². The van der Waals surface area contributed by atoms with E-state index in [1.54, 1.807) is 0 Å². The van der Waals surface area contributed by atoms with Crippen molar-refractivity contribution in [3.05, 3.63) is 0 Å². The number of anilines is 1. The number of amides is 1. The van der Waals surface area contributed by atoms with Crippen LogP contribution in [0, 0.1) is 0 Å². The molecule has 0 aliphatic rings.